The summed E-state index contributed by atoms with van der Waals surface area (Å²) in [6, 6.07) is 7.62. The molecular formula is C14H21Cl2NO. The molecule has 0 saturated carbocycles. The van der Waals surface area contributed by atoms with E-state index >= 15 is 0 Å². The molecule has 0 saturated heterocycles. The number of hydrogen-bond donors (Lipinski definition) is 0. The Labute approximate surface area is 121 Å². The molecule has 1 aromatic rings. The smallest absolute Gasteiger partial charge is 0.252 e. The van der Waals surface area contributed by atoms with Crippen LogP contribution in [-0.4, -0.2) is 29.4 Å². The summed E-state index contributed by atoms with van der Waals surface area (Å²) < 4.78 is 1.08. The van der Waals surface area contributed by atoms with E-state index in [1.165, 1.54) is 5.56 Å². The molecule has 0 aliphatic carbocycles. The maximum Gasteiger partial charge on any atom is 0.252 e. The molecule has 0 radical (unpaired) electrons. The predicted octanol–water partition coefficient (Wildman–Crippen LogP) is 0.446. The highest BCUT2D eigenvalue weighted by atomic mass is 35.5. The van der Waals surface area contributed by atoms with Crippen LogP contribution in [0.15, 0.2) is 24.3 Å². The van der Waals surface area contributed by atoms with Crippen molar-refractivity contribution in [2.24, 2.45) is 0 Å². The van der Waals surface area contributed by atoms with Gasteiger partial charge in [-0.15, -0.1) is 0 Å². The summed E-state index contributed by atoms with van der Waals surface area (Å²) in [6.07, 6.45) is 0. The van der Waals surface area contributed by atoms with Crippen LogP contribution in [0.2, 0.25) is 0 Å². The number of benzene rings is 1. The number of carbonyl (C=O) groups excluding carboxylic acids is 1. The number of quaternary nitrogens is 1. The van der Waals surface area contributed by atoms with Gasteiger partial charge in [-0.25, -0.2) is 0 Å². The van der Waals surface area contributed by atoms with Gasteiger partial charge in [0.1, 0.15) is 6.54 Å². The van der Waals surface area contributed by atoms with E-state index in [0.717, 1.165) is 30.7 Å². The lowest BCUT2D eigenvalue weighted by Gasteiger charge is -2.35. The van der Waals surface area contributed by atoms with E-state index in [4.69, 9.17) is 11.6 Å². The van der Waals surface area contributed by atoms with E-state index < -0.39 is 5.24 Å². The highest BCUT2D eigenvalue weighted by Gasteiger charge is 2.20. The van der Waals surface area contributed by atoms with Crippen molar-refractivity contribution in [2.75, 3.05) is 19.6 Å². The molecule has 0 unspecified atom stereocenters. The van der Waals surface area contributed by atoms with E-state index in [2.05, 4.69) is 20.8 Å². The van der Waals surface area contributed by atoms with Gasteiger partial charge in [-0.05, 0) is 44.5 Å². The van der Waals surface area contributed by atoms with Crippen molar-refractivity contribution < 1.29 is 21.7 Å². The van der Waals surface area contributed by atoms with Crippen LogP contribution in [0.4, 0.5) is 0 Å². The first-order chi connectivity index (χ1) is 8.06. The van der Waals surface area contributed by atoms with E-state index in [-0.39, 0.29) is 12.4 Å². The van der Waals surface area contributed by atoms with E-state index in [9.17, 15) is 4.79 Å². The zero-order valence-corrected chi connectivity index (χ0v) is 12.8. The van der Waals surface area contributed by atoms with Crippen molar-refractivity contribution in [3.8, 4) is 0 Å². The van der Waals surface area contributed by atoms with Gasteiger partial charge in [0.15, 0.2) is 0 Å². The SMILES string of the molecule is CC[N+](CC)(CC)Cc1ccc(C(=O)Cl)cc1.[Cl-]. The van der Waals surface area contributed by atoms with E-state index in [0.29, 0.717) is 5.56 Å². The second-order valence-electron chi connectivity index (χ2n) is 4.42. The molecule has 0 N–H and O–H groups in total. The van der Waals surface area contributed by atoms with Gasteiger partial charge in [-0.1, -0.05) is 12.1 Å². The standard InChI is InChI=1S/C14H21ClNO.ClH/c1-4-16(5-2,6-3)11-12-7-9-13(10-8-12)14(15)17;/h7-10H,4-6,11H2,1-3H3;1H/q+1;/p-1. The molecule has 0 aliphatic heterocycles. The predicted molar refractivity (Wildman–Crippen MR) is 72.2 cm³/mol. The summed E-state index contributed by atoms with van der Waals surface area (Å²) in [5.41, 5.74) is 1.83. The first kappa shape index (κ1) is 17.4. The lowest BCUT2D eigenvalue weighted by atomic mass is 10.1. The van der Waals surface area contributed by atoms with Gasteiger partial charge in [0.25, 0.3) is 5.24 Å². The van der Waals surface area contributed by atoms with Crippen LogP contribution in [-0.2, 0) is 6.54 Å². The zero-order chi connectivity index (χ0) is 12.9. The number of nitrogens with zero attached hydrogens (tertiary/aromatic N) is 1. The summed E-state index contributed by atoms with van der Waals surface area (Å²) in [5.74, 6) is 0. The molecule has 102 valence electrons. The molecule has 0 aromatic heterocycles. The Balaban J connectivity index is 0.00000289. The van der Waals surface area contributed by atoms with Crippen LogP contribution in [0.5, 0.6) is 0 Å². The Bertz CT molecular complexity index is 364. The van der Waals surface area contributed by atoms with Crippen LogP contribution >= 0.6 is 11.6 Å². The molecule has 0 atom stereocenters. The zero-order valence-electron chi connectivity index (χ0n) is 11.2. The van der Waals surface area contributed by atoms with Crippen molar-refractivity contribution in [2.45, 2.75) is 27.3 Å². The van der Waals surface area contributed by atoms with Crippen molar-refractivity contribution >= 4 is 16.8 Å². The largest absolute Gasteiger partial charge is 1.00 e. The minimum Gasteiger partial charge on any atom is -1.00 e. The van der Waals surface area contributed by atoms with Crippen molar-refractivity contribution in [3.05, 3.63) is 35.4 Å². The average molecular weight is 290 g/mol. The number of carbonyl (C=O) groups is 1. The third kappa shape index (κ3) is 4.27. The molecular weight excluding hydrogens is 269 g/mol. The molecule has 0 spiro atoms. The molecule has 1 rings (SSSR count). The molecule has 4 heteroatoms. The summed E-state index contributed by atoms with van der Waals surface area (Å²) in [7, 11) is 0. The Kier molecular flexibility index (Phi) is 7.53. The summed E-state index contributed by atoms with van der Waals surface area (Å²) in [4.78, 5) is 11.0. The third-order valence-electron chi connectivity index (χ3n) is 3.71. The Morgan fingerprint density at radius 3 is 1.83 bits per heavy atom. The van der Waals surface area contributed by atoms with Crippen LogP contribution in [0.1, 0.15) is 36.7 Å². The number of rotatable bonds is 6. The van der Waals surface area contributed by atoms with Gasteiger partial charge in [-0.2, -0.15) is 0 Å². The molecule has 1 aromatic carbocycles. The highest BCUT2D eigenvalue weighted by Crippen LogP contribution is 2.15. The van der Waals surface area contributed by atoms with Crippen LogP contribution in [0.25, 0.3) is 0 Å². The van der Waals surface area contributed by atoms with Crippen LogP contribution < -0.4 is 12.4 Å². The lowest BCUT2D eigenvalue weighted by molar-refractivity contribution is -0.936. The summed E-state index contributed by atoms with van der Waals surface area (Å²) in [5, 5.41) is -0.390. The minimum atomic E-state index is -0.390. The fourth-order valence-electron chi connectivity index (χ4n) is 2.13. The molecule has 2 nitrogen and oxygen atoms in total. The van der Waals surface area contributed by atoms with Gasteiger partial charge in [0.05, 0.1) is 19.6 Å². The van der Waals surface area contributed by atoms with Crippen molar-refractivity contribution in [1.29, 1.82) is 0 Å². The van der Waals surface area contributed by atoms with E-state index in [1.807, 2.05) is 12.1 Å². The second kappa shape index (κ2) is 7.78. The van der Waals surface area contributed by atoms with Gasteiger partial charge < -0.3 is 16.9 Å². The normalized spacial score (nSPS) is 10.9. The molecule has 0 fully saturated rings. The fourth-order valence-corrected chi connectivity index (χ4v) is 2.26. The van der Waals surface area contributed by atoms with E-state index in [1.54, 1.807) is 12.1 Å². The van der Waals surface area contributed by atoms with Crippen LogP contribution in [0, 0.1) is 0 Å². The second-order valence-corrected chi connectivity index (χ2v) is 4.76. The van der Waals surface area contributed by atoms with Gasteiger partial charge in [-0.3, -0.25) is 4.79 Å². The van der Waals surface area contributed by atoms with Crippen molar-refractivity contribution in [3.63, 3.8) is 0 Å². The molecule has 18 heavy (non-hydrogen) atoms. The minimum absolute atomic E-state index is 0. The van der Waals surface area contributed by atoms with Gasteiger partial charge in [0.2, 0.25) is 0 Å². The monoisotopic (exact) mass is 289 g/mol. The molecule has 0 amide bonds. The Hall–Kier alpha value is -0.570. The first-order valence-corrected chi connectivity index (χ1v) is 6.58. The first-order valence-electron chi connectivity index (χ1n) is 6.20. The maximum absolute atomic E-state index is 11.0. The molecule has 0 bridgehead atoms. The summed E-state index contributed by atoms with van der Waals surface area (Å²) in [6.45, 7) is 11.1. The topological polar surface area (TPSA) is 17.1 Å². The van der Waals surface area contributed by atoms with Crippen LogP contribution in [0.3, 0.4) is 0 Å². The summed E-state index contributed by atoms with van der Waals surface area (Å²) >= 11 is 5.43. The Morgan fingerprint density at radius 1 is 1.06 bits per heavy atom. The van der Waals surface area contributed by atoms with Gasteiger partial charge in [0, 0.05) is 11.1 Å². The quantitative estimate of drug-likeness (QED) is 0.549. The Morgan fingerprint density at radius 2 is 1.50 bits per heavy atom. The number of halogens is 2. The third-order valence-corrected chi connectivity index (χ3v) is 3.93. The molecule has 0 aliphatic rings. The maximum atomic E-state index is 11.0. The van der Waals surface area contributed by atoms with Gasteiger partial charge >= 0.3 is 0 Å². The van der Waals surface area contributed by atoms with Crippen molar-refractivity contribution in [1.82, 2.24) is 0 Å². The lowest BCUT2D eigenvalue weighted by Crippen LogP contribution is -3.00. The number of hydrogen-bond acceptors (Lipinski definition) is 1. The fraction of sp³-hybridized carbons (Fsp3) is 0.500. The molecule has 0 heterocycles. The highest BCUT2D eigenvalue weighted by molar-refractivity contribution is 6.67. The average Bonchev–Trinajstić information content (AvgIpc) is 2.37.